The number of rotatable bonds is 1. The van der Waals surface area contributed by atoms with Gasteiger partial charge in [0.1, 0.15) is 0 Å². The average Bonchev–Trinajstić information content (AvgIpc) is 2.65. The lowest BCUT2D eigenvalue weighted by Crippen LogP contribution is -2.20. The second-order valence-electron chi connectivity index (χ2n) is 3.77. The molecule has 1 unspecified atom stereocenters. The maximum atomic E-state index is 11.7. The number of benzene rings is 1. The van der Waals surface area contributed by atoms with Gasteiger partial charge >= 0.3 is 5.97 Å². The molecule has 1 aromatic heterocycles. The lowest BCUT2D eigenvalue weighted by molar-refractivity contribution is 0.0366. The Kier molecular flexibility index (Phi) is 2.16. The van der Waals surface area contributed by atoms with Crippen LogP contribution in [0.3, 0.4) is 0 Å². The minimum atomic E-state index is -1.25. The third-order valence-electron chi connectivity index (χ3n) is 2.77. The van der Waals surface area contributed by atoms with Crippen LogP contribution in [0, 0.1) is 0 Å². The van der Waals surface area contributed by atoms with Gasteiger partial charge in [-0.1, -0.05) is 41.9 Å². The molecule has 0 spiro atoms. The van der Waals surface area contributed by atoms with Gasteiger partial charge in [0.15, 0.2) is 0 Å². The van der Waals surface area contributed by atoms with Gasteiger partial charge in [-0.3, -0.25) is 4.98 Å². The molecule has 0 aliphatic carbocycles. The number of esters is 1. The van der Waals surface area contributed by atoms with Crippen LogP contribution < -0.4 is 0 Å². The van der Waals surface area contributed by atoms with E-state index in [1.165, 1.54) is 0 Å². The molecule has 0 bridgehead atoms. The molecule has 0 amide bonds. The smallest absolute Gasteiger partial charge is 0.340 e. The number of pyridine rings is 1. The summed E-state index contributed by atoms with van der Waals surface area (Å²) in [5.41, 5.74) is 1.79. The number of ether oxygens (including phenoxy) is 1. The second kappa shape index (κ2) is 3.57. The SMILES string of the molecule is O=C1OC(Cl)(c2ccccc2)c2cnccc21. The number of carbonyl (C=O) groups excluding carboxylic acids is 1. The van der Waals surface area contributed by atoms with Gasteiger partial charge in [0.2, 0.25) is 5.06 Å². The first-order valence-electron chi connectivity index (χ1n) is 5.14. The Morgan fingerprint density at radius 2 is 1.94 bits per heavy atom. The number of aromatic nitrogens is 1. The third-order valence-corrected chi connectivity index (χ3v) is 3.26. The summed E-state index contributed by atoms with van der Waals surface area (Å²) < 4.78 is 5.29. The minimum Gasteiger partial charge on any atom is -0.431 e. The molecule has 84 valence electrons. The monoisotopic (exact) mass is 245 g/mol. The number of hydrogen-bond donors (Lipinski definition) is 0. The molecule has 3 rings (SSSR count). The standard InChI is InChI=1S/C13H8ClNO2/c14-13(9-4-2-1-3-5-9)11-8-15-7-6-10(11)12(16)17-13/h1-8H. The van der Waals surface area contributed by atoms with E-state index in [0.717, 1.165) is 5.56 Å². The number of carbonyl (C=O) groups is 1. The molecule has 1 atom stereocenters. The van der Waals surface area contributed by atoms with E-state index < -0.39 is 11.0 Å². The summed E-state index contributed by atoms with van der Waals surface area (Å²) in [6, 6.07) is 10.8. The van der Waals surface area contributed by atoms with Crippen LogP contribution in [0.25, 0.3) is 0 Å². The summed E-state index contributed by atoms with van der Waals surface area (Å²) >= 11 is 6.44. The molecule has 0 N–H and O–H groups in total. The van der Waals surface area contributed by atoms with Crippen molar-refractivity contribution in [1.82, 2.24) is 4.98 Å². The highest BCUT2D eigenvalue weighted by Gasteiger charge is 2.45. The van der Waals surface area contributed by atoms with Crippen LogP contribution in [0.1, 0.15) is 21.5 Å². The van der Waals surface area contributed by atoms with Crippen LogP contribution in [-0.2, 0) is 9.80 Å². The van der Waals surface area contributed by atoms with E-state index in [1.807, 2.05) is 30.3 Å². The molecule has 17 heavy (non-hydrogen) atoms. The Morgan fingerprint density at radius 1 is 1.18 bits per heavy atom. The molecule has 3 nitrogen and oxygen atoms in total. The molecule has 0 saturated carbocycles. The summed E-state index contributed by atoms with van der Waals surface area (Å²) in [6.07, 6.45) is 3.12. The van der Waals surface area contributed by atoms with Crippen molar-refractivity contribution in [2.75, 3.05) is 0 Å². The highest BCUT2D eigenvalue weighted by Crippen LogP contribution is 2.44. The van der Waals surface area contributed by atoms with Crippen molar-refractivity contribution >= 4 is 17.6 Å². The highest BCUT2D eigenvalue weighted by atomic mass is 35.5. The van der Waals surface area contributed by atoms with Crippen LogP contribution in [0.5, 0.6) is 0 Å². The topological polar surface area (TPSA) is 39.2 Å². The summed E-state index contributed by atoms with van der Waals surface area (Å²) in [5.74, 6) is -0.416. The molecule has 0 saturated heterocycles. The Labute approximate surface area is 103 Å². The fraction of sp³-hybridized carbons (Fsp3) is 0.0769. The fourth-order valence-electron chi connectivity index (χ4n) is 1.93. The molecule has 2 aromatic rings. The lowest BCUT2D eigenvalue weighted by atomic mass is 10.0. The first kappa shape index (κ1) is 10.3. The van der Waals surface area contributed by atoms with Gasteiger partial charge in [0.25, 0.3) is 0 Å². The number of cyclic esters (lactones) is 1. The van der Waals surface area contributed by atoms with Crippen molar-refractivity contribution in [3.8, 4) is 0 Å². The first-order valence-corrected chi connectivity index (χ1v) is 5.52. The normalized spacial score (nSPS) is 22.1. The predicted molar refractivity (Wildman–Crippen MR) is 62.7 cm³/mol. The van der Waals surface area contributed by atoms with Gasteiger partial charge in [-0.2, -0.15) is 0 Å². The van der Waals surface area contributed by atoms with Crippen LogP contribution >= 0.6 is 11.6 Å². The van der Waals surface area contributed by atoms with Gasteiger partial charge in [0, 0.05) is 23.5 Å². The van der Waals surface area contributed by atoms with Crippen molar-refractivity contribution in [2.45, 2.75) is 5.06 Å². The average molecular weight is 246 g/mol. The minimum absolute atomic E-state index is 0.416. The Balaban J connectivity index is 2.21. The number of hydrogen-bond acceptors (Lipinski definition) is 3. The number of nitrogens with zero attached hydrogens (tertiary/aromatic N) is 1. The molecular weight excluding hydrogens is 238 g/mol. The van der Waals surface area contributed by atoms with Crippen molar-refractivity contribution in [3.63, 3.8) is 0 Å². The molecule has 4 heteroatoms. The molecular formula is C13H8ClNO2. The van der Waals surface area contributed by atoms with Crippen LogP contribution in [0.4, 0.5) is 0 Å². The van der Waals surface area contributed by atoms with E-state index in [2.05, 4.69) is 4.98 Å². The third kappa shape index (κ3) is 1.43. The van der Waals surface area contributed by atoms with Gasteiger partial charge in [-0.25, -0.2) is 4.79 Å². The molecule has 1 aromatic carbocycles. The van der Waals surface area contributed by atoms with Crippen molar-refractivity contribution in [3.05, 3.63) is 65.5 Å². The van der Waals surface area contributed by atoms with E-state index in [4.69, 9.17) is 16.3 Å². The zero-order valence-electron chi connectivity index (χ0n) is 8.76. The van der Waals surface area contributed by atoms with E-state index >= 15 is 0 Å². The van der Waals surface area contributed by atoms with Crippen molar-refractivity contribution < 1.29 is 9.53 Å². The zero-order chi connectivity index (χ0) is 11.9. The predicted octanol–water partition coefficient (Wildman–Crippen LogP) is 2.69. The maximum Gasteiger partial charge on any atom is 0.340 e. The molecule has 1 aliphatic rings. The quantitative estimate of drug-likeness (QED) is 0.573. The molecule has 0 fully saturated rings. The van der Waals surface area contributed by atoms with E-state index in [-0.39, 0.29) is 0 Å². The largest absolute Gasteiger partial charge is 0.431 e. The van der Waals surface area contributed by atoms with Gasteiger partial charge < -0.3 is 4.74 Å². The van der Waals surface area contributed by atoms with Gasteiger partial charge in [0.05, 0.1) is 5.56 Å². The highest BCUT2D eigenvalue weighted by molar-refractivity contribution is 6.27. The first-order chi connectivity index (χ1) is 8.22. The number of fused-ring (bicyclic) bond motifs is 1. The Morgan fingerprint density at radius 3 is 2.71 bits per heavy atom. The Bertz CT molecular complexity index is 585. The summed E-state index contributed by atoms with van der Waals surface area (Å²) in [4.78, 5) is 15.7. The molecule has 0 radical (unpaired) electrons. The number of halogens is 1. The van der Waals surface area contributed by atoms with E-state index in [0.29, 0.717) is 11.1 Å². The van der Waals surface area contributed by atoms with E-state index in [9.17, 15) is 4.79 Å². The summed E-state index contributed by atoms with van der Waals surface area (Å²) in [6.45, 7) is 0. The van der Waals surface area contributed by atoms with E-state index in [1.54, 1.807) is 18.5 Å². The van der Waals surface area contributed by atoms with Crippen LogP contribution in [-0.4, -0.2) is 11.0 Å². The van der Waals surface area contributed by atoms with Crippen molar-refractivity contribution in [1.29, 1.82) is 0 Å². The van der Waals surface area contributed by atoms with Gasteiger partial charge in [-0.15, -0.1) is 0 Å². The molecule has 1 aliphatic heterocycles. The Hall–Kier alpha value is -1.87. The van der Waals surface area contributed by atoms with Crippen LogP contribution in [0.15, 0.2) is 48.8 Å². The molecule has 2 heterocycles. The van der Waals surface area contributed by atoms with Gasteiger partial charge in [-0.05, 0) is 6.07 Å². The summed E-state index contributed by atoms with van der Waals surface area (Å²) in [7, 11) is 0. The maximum absolute atomic E-state index is 11.7. The van der Waals surface area contributed by atoms with Crippen molar-refractivity contribution in [2.24, 2.45) is 0 Å². The van der Waals surface area contributed by atoms with Crippen LogP contribution in [0.2, 0.25) is 0 Å². The fourth-order valence-corrected chi connectivity index (χ4v) is 2.28. The summed E-state index contributed by atoms with van der Waals surface area (Å²) in [5, 5.41) is -1.25. The number of alkyl halides is 1. The zero-order valence-corrected chi connectivity index (χ0v) is 9.52. The second-order valence-corrected chi connectivity index (χ2v) is 4.30. The lowest BCUT2D eigenvalue weighted by Gasteiger charge is -2.21.